The molecule has 0 spiro atoms. The van der Waals surface area contributed by atoms with Crippen LogP contribution in [0.1, 0.15) is 0 Å². The number of hydrogen-bond donors (Lipinski definition) is 4. The molecule has 1 saturated heterocycles. The van der Waals surface area contributed by atoms with Gasteiger partial charge < -0.3 is 45.2 Å². The maximum atomic E-state index is 10.5. The number of rotatable bonds is 6. The van der Waals surface area contributed by atoms with Gasteiger partial charge in [-0.25, -0.2) is 0 Å². The summed E-state index contributed by atoms with van der Waals surface area (Å²) < 4.78 is 15.7. The first kappa shape index (κ1) is 21.1. The standard InChI is InChI=1S/C14H19NO8.Na/c15-7-1-3-8(4-2-7)22-14-12(20)13(21-6-10(17)18)11(19)9(5-16)23-14;/h1-4,9,11-14,16,19-20H,5-6,15H2,(H,17,18);/q;+1/p-1/t9-,11-,12+,13+,14+;/m1./s1. The van der Waals surface area contributed by atoms with Gasteiger partial charge in [-0.05, 0) is 24.3 Å². The van der Waals surface area contributed by atoms with Crippen molar-refractivity contribution in [1.29, 1.82) is 0 Å². The summed E-state index contributed by atoms with van der Waals surface area (Å²) in [6.45, 7) is -1.40. The van der Waals surface area contributed by atoms with Crippen LogP contribution in [-0.2, 0) is 14.3 Å². The van der Waals surface area contributed by atoms with Gasteiger partial charge in [0.15, 0.2) is 0 Å². The monoisotopic (exact) mass is 351 g/mol. The van der Waals surface area contributed by atoms with Crippen LogP contribution in [0.5, 0.6) is 5.75 Å². The van der Waals surface area contributed by atoms with Crippen LogP contribution >= 0.6 is 0 Å². The molecule has 1 aromatic rings. The first-order valence-corrected chi connectivity index (χ1v) is 6.88. The van der Waals surface area contributed by atoms with Crippen LogP contribution < -0.4 is 45.1 Å². The van der Waals surface area contributed by atoms with E-state index in [2.05, 4.69) is 0 Å². The van der Waals surface area contributed by atoms with Gasteiger partial charge in [0.2, 0.25) is 6.29 Å². The molecule has 1 fully saturated rings. The van der Waals surface area contributed by atoms with Gasteiger partial charge in [0.1, 0.15) is 30.2 Å². The summed E-state index contributed by atoms with van der Waals surface area (Å²) in [5.41, 5.74) is 6.07. The van der Waals surface area contributed by atoms with E-state index in [1.54, 1.807) is 24.3 Å². The van der Waals surface area contributed by atoms with Gasteiger partial charge in [-0.15, -0.1) is 0 Å². The molecule has 5 atom stereocenters. The summed E-state index contributed by atoms with van der Waals surface area (Å²) in [5, 5.41) is 39.9. The van der Waals surface area contributed by atoms with Crippen molar-refractivity contribution < 1.29 is 69.0 Å². The Labute approximate surface area is 160 Å². The molecule has 0 saturated carbocycles. The van der Waals surface area contributed by atoms with Crippen LogP contribution in [-0.4, -0.2) is 65.2 Å². The third-order valence-corrected chi connectivity index (χ3v) is 3.35. The number of nitrogens with two attached hydrogens (primary N) is 1. The van der Waals surface area contributed by atoms with Crippen LogP contribution in [0, 0.1) is 0 Å². The number of carbonyl (C=O) groups is 1. The van der Waals surface area contributed by atoms with Gasteiger partial charge in [0.25, 0.3) is 0 Å². The first-order chi connectivity index (χ1) is 10.9. The second kappa shape index (κ2) is 9.54. The number of anilines is 1. The third kappa shape index (κ3) is 5.30. The number of carboxylic acids is 1. The van der Waals surface area contributed by atoms with Crippen molar-refractivity contribution in [3.05, 3.63) is 24.3 Å². The Bertz CT molecular complexity index is 528. The van der Waals surface area contributed by atoms with Crippen molar-refractivity contribution in [3.63, 3.8) is 0 Å². The fourth-order valence-corrected chi connectivity index (χ4v) is 2.19. The topological polar surface area (TPSA) is 155 Å². The molecule has 5 N–H and O–H groups in total. The quantitative estimate of drug-likeness (QED) is 0.290. The molecule has 9 nitrogen and oxygen atoms in total. The van der Waals surface area contributed by atoms with Crippen LogP contribution in [0.2, 0.25) is 0 Å². The summed E-state index contributed by atoms with van der Waals surface area (Å²) in [4.78, 5) is 10.5. The van der Waals surface area contributed by atoms with E-state index in [0.717, 1.165) is 0 Å². The molecule has 0 radical (unpaired) electrons. The molecule has 0 aromatic heterocycles. The summed E-state index contributed by atoms with van der Waals surface area (Å²) in [6.07, 6.45) is -6.61. The molecule has 1 heterocycles. The summed E-state index contributed by atoms with van der Waals surface area (Å²) >= 11 is 0. The predicted molar refractivity (Wildman–Crippen MR) is 74.0 cm³/mol. The molecule has 0 amide bonds. The van der Waals surface area contributed by atoms with Crippen LogP contribution in [0.25, 0.3) is 0 Å². The Morgan fingerprint density at radius 3 is 2.42 bits per heavy atom. The molecular weight excluding hydrogens is 333 g/mol. The Morgan fingerprint density at radius 1 is 1.25 bits per heavy atom. The fourth-order valence-electron chi connectivity index (χ4n) is 2.19. The molecule has 2 rings (SSSR count). The third-order valence-electron chi connectivity index (χ3n) is 3.35. The van der Waals surface area contributed by atoms with E-state index in [4.69, 9.17) is 19.9 Å². The Hall–Kier alpha value is -0.910. The van der Waals surface area contributed by atoms with Gasteiger partial charge in [0, 0.05) is 5.69 Å². The minimum Gasteiger partial charge on any atom is -0.548 e. The van der Waals surface area contributed by atoms with Crippen molar-refractivity contribution in [3.8, 4) is 5.75 Å². The van der Waals surface area contributed by atoms with Gasteiger partial charge in [-0.2, -0.15) is 0 Å². The van der Waals surface area contributed by atoms with E-state index in [-0.39, 0.29) is 29.6 Å². The molecule has 1 aliphatic rings. The van der Waals surface area contributed by atoms with Crippen molar-refractivity contribution >= 4 is 11.7 Å². The predicted octanol–water partition coefficient (Wildman–Crippen LogP) is -5.77. The molecule has 24 heavy (non-hydrogen) atoms. The van der Waals surface area contributed by atoms with E-state index in [1.165, 1.54) is 0 Å². The molecule has 1 aliphatic heterocycles. The minimum absolute atomic E-state index is 0. The smallest absolute Gasteiger partial charge is 0.548 e. The van der Waals surface area contributed by atoms with E-state index in [9.17, 15) is 25.2 Å². The molecule has 10 heteroatoms. The molecule has 128 valence electrons. The Kier molecular flexibility index (Phi) is 8.40. The Balaban J connectivity index is 0.00000288. The number of aliphatic carboxylic acids is 1. The van der Waals surface area contributed by atoms with Gasteiger partial charge in [0.05, 0.1) is 19.2 Å². The molecular formula is C14H18NNaO8. The second-order valence-corrected chi connectivity index (χ2v) is 5.04. The molecule has 0 bridgehead atoms. The number of aliphatic hydroxyl groups excluding tert-OH is 3. The van der Waals surface area contributed by atoms with Crippen LogP contribution in [0.15, 0.2) is 24.3 Å². The molecule has 0 unspecified atom stereocenters. The number of carbonyl (C=O) groups excluding carboxylic acids is 1. The summed E-state index contributed by atoms with van der Waals surface area (Å²) in [7, 11) is 0. The van der Waals surface area contributed by atoms with Crippen molar-refractivity contribution in [2.75, 3.05) is 18.9 Å². The average molecular weight is 351 g/mol. The van der Waals surface area contributed by atoms with Crippen molar-refractivity contribution in [2.24, 2.45) is 0 Å². The maximum Gasteiger partial charge on any atom is 1.00 e. The number of benzene rings is 1. The fraction of sp³-hybridized carbons (Fsp3) is 0.500. The number of hydrogen-bond acceptors (Lipinski definition) is 9. The second-order valence-electron chi connectivity index (χ2n) is 5.04. The molecule has 1 aromatic carbocycles. The first-order valence-electron chi connectivity index (χ1n) is 6.88. The largest absolute Gasteiger partial charge is 1.00 e. The van der Waals surface area contributed by atoms with E-state index in [1.807, 2.05) is 0 Å². The van der Waals surface area contributed by atoms with Crippen molar-refractivity contribution in [2.45, 2.75) is 30.7 Å². The van der Waals surface area contributed by atoms with E-state index >= 15 is 0 Å². The maximum absolute atomic E-state index is 10.5. The minimum atomic E-state index is -1.51. The van der Waals surface area contributed by atoms with Crippen molar-refractivity contribution in [1.82, 2.24) is 0 Å². The van der Waals surface area contributed by atoms with Gasteiger partial charge in [-0.1, -0.05) is 0 Å². The van der Waals surface area contributed by atoms with Gasteiger partial charge in [-0.3, -0.25) is 0 Å². The summed E-state index contributed by atoms with van der Waals surface area (Å²) in [6, 6.07) is 6.24. The number of ether oxygens (including phenoxy) is 3. The zero-order valence-electron chi connectivity index (χ0n) is 13.1. The Morgan fingerprint density at radius 2 is 1.88 bits per heavy atom. The van der Waals surface area contributed by atoms with Crippen LogP contribution in [0.4, 0.5) is 5.69 Å². The van der Waals surface area contributed by atoms with E-state index < -0.39 is 49.9 Å². The van der Waals surface area contributed by atoms with Crippen LogP contribution in [0.3, 0.4) is 0 Å². The SMILES string of the molecule is Nc1ccc(O[C@H]2O[C@H](CO)[C@@H](O)[C@H](OCC(=O)[O-])[C@@H]2O)cc1.[Na+]. The molecule has 0 aliphatic carbocycles. The zero-order valence-corrected chi connectivity index (χ0v) is 15.1. The average Bonchev–Trinajstić information content (AvgIpc) is 2.51. The summed E-state index contributed by atoms with van der Waals surface area (Å²) in [5.74, 6) is -1.18. The van der Waals surface area contributed by atoms with Gasteiger partial charge >= 0.3 is 29.6 Å². The number of nitrogen functional groups attached to an aromatic ring is 1. The normalized spacial score (nSPS) is 29.5. The number of carboxylic acid groups (broad SMARTS) is 1. The number of aliphatic hydroxyl groups is 3. The zero-order chi connectivity index (χ0) is 17.0. The van der Waals surface area contributed by atoms with E-state index in [0.29, 0.717) is 11.4 Å².